The summed E-state index contributed by atoms with van der Waals surface area (Å²) >= 11 is 0. The number of aromatic nitrogens is 1. The zero-order valence-corrected chi connectivity index (χ0v) is 11.9. The van der Waals surface area contributed by atoms with Gasteiger partial charge in [-0.3, -0.25) is 0 Å². The van der Waals surface area contributed by atoms with Crippen molar-refractivity contribution in [3.05, 3.63) is 60.2 Å². The fourth-order valence-corrected chi connectivity index (χ4v) is 2.91. The van der Waals surface area contributed by atoms with Gasteiger partial charge in [0.2, 0.25) is 0 Å². The number of fused-ring (bicyclic) bond motifs is 1. The molecular weight excluding hydrogens is 246 g/mol. The lowest BCUT2D eigenvalue weighted by atomic mass is 9.99. The van der Waals surface area contributed by atoms with Crippen molar-refractivity contribution in [3.8, 4) is 11.3 Å². The number of aryl methyl sites for hydroxylation is 1. The van der Waals surface area contributed by atoms with E-state index < -0.39 is 6.10 Å². The lowest BCUT2D eigenvalue weighted by Crippen LogP contribution is -1.99. The third-order valence-corrected chi connectivity index (χ3v) is 3.91. The van der Waals surface area contributed by atoms with Gasteiger partial charge < -0.3 is 9.67 Å². The maximum atomic E-state index is 10.5. The van der Waals surface area contributed by atoms with E-state index in [1.54, 1.807) is 0 Å². The summed E-state index contributed by atoms with van der Waals surface area (Å²) in [6.07, 6.45) is 0.282. The number of nitrogens with zero attached hydrogens (tertiary/aromatic N) is 1. The molecule has 2 nitrogen and oxygen atoms in total. The predicted molar refractivity (Wildman–Crippen MR) is 83.6 cm³/mol. The molecule has 0 amide bonds. The second kappa shape index (κ2) is 5.14. The van der Waals surface area contributed by atoms with E-state index in [0.29, 0.717) is 6.42 Å². The van der Waals surface area contributed by atoms with Crippen LogP contribution in [-0.2, 0) is 7.05 Å². The summed E-state index contributed by atoms with van der Waals surface area (Å²) in [5.74, 6) is 0. The van der Waals surface area contributed by atoms with Crippen LogP contribution in [0.2, 0.25) is 0 Å². The van der Waals surface area contributed by atoms with E-state index in [1.165, 1.54) is 0 Å². The van der Waals surface area contributed by atoms with Crippen molar-refractivity contribution in [2.75, 3.05) is 0 Å². The Hall–Kier alpha value is -2.06. The molecule has 1 heterocycles. The summed E-state index contributed by atoms with van der Waals surface area (Å²) < 4.78 is 2.18. The minimum atomic E-state index is -0.434. The molecule has 1 N–H and O–H groups in total. The van der Waals surface area contributed by atoms with Crippen molar-refractivity contribution in [2.24, 2.45) is 7.05 Å². The first-order valence-electron chi connectivity index (χ1n) is 7.04. The fourth-order valence-electron chi connectivity index (χ4n) is 2.91. The van der Waals surface area contributed by atoms with Crippen LogP contribution in [0.5, 0.6) is 0 Å². The molecule has 20 heavy (non-hydrogen) atoms. The largest absolute Gasteiger partial charge is 0.388 e. The molecule has 1 atom stereocenters. The van der Waals surface area contributed by atoms with Crippen molar-refractivity contribution in [2.45, 2.75) is 19.4 Å². The van der Waals surface area contributed by atoms with Gasteiger partial charge in [-0.15, -0.1) is 0 Å². The van der Waals surface area contributed by atoms with Gasteiger partial charge in [0.05, 0.1) is 11.8 Å². The van der Waals surface area contributed by atoms with Crippen LogP contribution in [-0.4, -0.2) is 9.67 Å². The maximum Gasteiger partial charge on any atom is 0.0814 e. The van der Waals surface area contributed by atoms with Crippen LogP contribution in [0.25, 0.3) is 22.2 Å². The second-order valence-electron chi connectivity index (χ2n) is 5.13. The minimum absolute atomic E-state index is 0.434. The Kier molecular flexibility index (Phi) is 3.33. The number of hydrogen-bond donors (Lipinski definition) is 1. The zero-order valence-electron chi connectivity index (χ0n) is 11.9. The number of aliphatic hydroxyl groups is 1. The highest BCUT2D eigenvalue weighted by Crippen LogP contribution is 2.37. The first-order chi connectivity index (χ1) is 9.74. The Labute approximate surface area is 119 Å². The third kappa shape index (κ3) is 1.93. The van der Waals surface area contributed by atoms with Crippen molar-refractivity contribution < 1.29 is 5.11 Å². The number of hydrogen-bond acceptors (Lipinski definition) is 1. The van der Waals surface area contributed by atoms with Gasteiger partial charge >= 0.3 is 0 Å². The summed E-state index contributed by atoms with van der Waals surface area (Å²) in [6, 6.07) is 18.6. The summed E-state index contributed by atoms with van der Waals surface area (Å²) in [4.78, 5) is 0. The molecule has 102 valence electrons. The summed E-state index contributed by atoms with van der Waals surface area (Å²) in [6.45, 7) is 2.02. The summed E-state index contributed by atoms with van der Waals surface area (Å²) in [7, 11) is 2.07. The lowest BCUT2D eigenvalue weighted by Gasteiger charge is -2.12. The topological polar surface area (TPSA) is 25.2 Å². The number of aliphatic hydroxyl groups excluding tert-OH is 1. The monoisotopic (exact) mass is 265 g/mol. The zero-order chi connectivity index (χ0) is 14.1. The molecule has 0 fully saturated rings. The Bertz CT molecular complexity index is 728. The van der Waals surface area contributed by atoms with Crippen molar-refractivity contribution in [1.29, 1.82) is 0 Å². The van der Waals surface area contributed by atoms with Crippen molar-refractivity contribution >= 4 is 10.9 Å². The number of benzene rings is 2. The van der Waals surface area contributed by atoms with Gasteiger partial charge in [-0.05, 0) is 18.1 Å². The first kappa shape index (κ1) is 12.9. The standard InChI is InChI=1S/C18H19NO/c1-3-16(20)17-14-11-7-8-12-15(14)19(2)18(17)13-9-5-4-6-10-13/h4-12,16,20H,3H2,1-2H3/t16-/m0/s1. The van der Waals surface area contributed by atoms with Gasteiger partial charge in [-0.25, -0.2) is 0 Å². The van der Waals surface area contributed by atoms with E-state index in [1.807, 2.05) is 37.3 Å². The van der Waals surface area contributed by atoms with E-state index in [-0.39, 0.29) is 0 Å². The summed E-state index contributed by atoms with van der Waals surface area (Å²) in [5.41, 5.74) is 4.46. The van der Waals surface area contributed by atoms with E-state index in [4.69, 9.17) is 0 Å². The molecule has 0 bridgehead atoms. The molecule has 0 unspecified atom stereocenters. The van der Waals surface area contributed by atoms with Gasteiger partial charge in [-0.1, -0.05) is 55.5 Å². The molecule has 0 spiro atoms. The molecule has 3 aromatic rings. The van der Waals surface area contributed by atoms with Crippen molar-refractivity contribution in [3.63, 3.8) is 0 Å². The third-order valence-electron chi connectivity index (χ3n) is 3.91. The average Bonchev–Trinajstić information content (AvgIpc) is 2.81. The normalized spacial score (nSPS) is 12.8. The van der Waals surface area contributed by atoms with E-state index in [9.17, 15) is 5.11 Å². The van der Waals surface area contributed by atoms with Crippen LogP contribution in [0.15, 0.2) is 54.6 Å². The van der Waals surface area contributed by atoms with Gasteiger partial charge in [0.1, 0.15) is 0 Å². The highest BCUT2D eigenvalue weighted by atomic mass is 16.3. The molecule has 1 aromatic heterocycles. The predicted octanol–water partition coefficient (Wildman–Crippen LogP) is 4.29. The van der Waals surface area contributed by atoms with Crippen LogP contribution in [0.4, 0.5) is 0 Å². The smallest absolute Gasteiger partial charge is 0.0814 e. The van der Waals surface area contributed by atoms with E-state index in [2.05, 4.69) is 35.9 Å². The number of rotatable bonds is 3. The molecular formula is C18H19NO. The van der Waals surface area contributed by atoms with Gasteiger partial charge in [0.15, 0.2) is 0 Å². The Balaban J connectivity index is 2.38. The van der Waals surface area contributed by atoms with Gasteiger partial charge in [0, 0.05) is 23.5 Å². The molecule has 0 radical (unpaired) electrons. The summed E-state index contributed by atoms with van der Waals surface area (Å²) in [5, 5.41) is 11.6. The first-order valence-corrected chi connectivity index (χ1v) is 7.04. The molecule has 3 rings (SSSR count). The molecule has 0 aliphatic rings. The molecule has 0 saturated heterocycles. The van der Waals surface area contributed by atoms with Crippen LogP contribution in [0.3, 0.4) is 0 Å². The van der Waals surface area contributed by atoms with Crippen LogP contribution in [0, 0.1) is 0 Å². The quantitative estimate of drug-likeness (QED) is 0.751. The van der Waals surface area contributed by atoms with Crippen LogP contribution in [0.1, 0.15) is 25.0 Å². The maximum absolute atomic E-state index is 10.5. The van der Waals surface area contributed by atoms with E-state index >= 15 is 0 Å². The SMILES string of the molecule is CC[C@H](O)c1c(-c2ccccc2)n(C)c2ccccc12. The Morgan fingerprint density at radius 2 is 1.65 bits per heavy atom. The van der Waals surface area contributed by atoms with E-state index in [0.717, 1.165) is 27.7 Å². The molecule has 0 aliphatic heterocycles. The Morgan fingerprint density at radius 1 is 1.00 bits per heavy atom. The molecule has 2 heteroatoms. The van der Waals surface area contributed by atoms with Crippen LogP contribution >= 0.6 is 0 Å². The van der Waals surface area contributed by atoms with Crippen LogP contribution < -0.4 is 0 Å². The van der Waals surface area contributed by atoms with Gasteiger partial charge in [0.25, 0.3) is 0 Å². The molecule has 0 saturated carbocycles. The van der Waals surface area contributed by atoms with Gasteiger partial charge in [-0.2, -0.15) is 0 Å². The Morgan fingerprint density at radius 3 is 2.35 bits per heavy atom. The fraction of sp³-hybridized carbons (Fsp3) is 0.222. The highest BCUT2D eigenvalue weighted by Gasteiger charge is 2.20. The number of para-hydroxylation sites is 1. The average molecular weight is 265 g/mol. The minimum Gasteiger partial charge on any atom is -0.388 e. The molecule has 0 aliphatic carbocycles. The highest BCUT2D eigenvalue weighted by molar-refractivity contribution is 5.92. The molecule has 2 aromatic carbocycles. The second-order valence-corrected chi connectivity index (χ2v) is 5.13. The lowest BCUT2D eigenvalue weighted by molar-refractivity contribution is 0.175. The van der Waals surface area contributed by atoms with Crippen molar-refractivity contribution in [1.82, 2.24) is 4.57 Å².